The van der Waals surface area contributed by atoms with Crippen LogP contribution in [0.15, 0.2) is 0 Å². The number of ether oxygens (including phenoxy) is 1. The molecule has 0 saturated carbocycles. The van der Waals surface area contributed by atoms with Gasteiger partial charge in [-0.25, -0.2) is 4.79 Å². The summed E-state index contributed by atoms with van der Waals surface area (Å²) in [5, 5.41) is 3.27. The van der Waals surface area contributed by atoms with Gasteiger partial charge in [-0.1, -0.05) is 12.8 Å². The molecule has 2 heterocycles. The third-order valence-corrected chi connectivity index (χ3v) is 3.42. The first-order chi connectivity index (χ1) is 7.86. The summed E-state index contributed by atoms with van der Waals surface area (Å²) < 4.78 is 5.53. The summed E-state index contributed by atoms with van der Waals surface area (Å²) in [5.74, 6) is 0. The molecular formula is C12H22N2O2. The summed E-state index contributed by atoms with van der Waals surface area (Å²) in [5.41, 5.74) is 0. The third kappa shape index (κ3) is 3.37. The van der Waals surface area contributed by atoms with Gasteiger partial charge in [0.25, 0.3) is 0 Å². The van der Waals surface area contributed by atoms with Gasteiger partial charge in [0.05, 0.1) is 0 Å². The van der Waals surface area contributed by atoms with E-state index in [-0.39, 0.29) is 12.2 Å². The molecule has 2 aliphatic rings. The summed E-state index contributed by atoms with van der Waals surface area (Å²) in [7, 11) is 0. The highest BCUT2D eigenvalue weighted by molar-refractivity contribution is 5.67. The van der Waals surface area contributed by atoms with Crippen molar-refractivity contribution in [2.75, 3.05) is 26.2 Å². The van der Waals surface area contributed by atoms with Gasteiger partial charge in [-0.3, -0.25) is 0 Å². The van der Waals surface area contributed by atoms with Gasteiger partial charge in [0.1, 0.15) is 6.10 Å². The van der Waals surface area contributed by atoms with Gasteiger partial charge in [0, 0.05) is 13.1 Å². The van der Waals surface area contributed by atoms with Crippen molar-refractivity contribution < 1.29 is 9.53 Å². The van der Waals surface area contributed by atoms with Crippen molar-refractivity contribution in [3.63, 3.8) is 0 Å². The zero-order valence-corrected chi connectivity index (χ0v) is 9.91. The van der Waals surface area contributed by atoms with Crippen LogP contribution in [0.5, 0.6) is 0 Å². The Morgan fingerprint density at radius 3 is 2.31 bits per heavy atom. The van der Waals surface area contributed by atoms with E-state index in [1.54, 1.807) is 0 Å². The van der Waals surface area contributed by atoms with Crippen LogP contribution in [0.1, 0.15) is 38.5 Å². The maximum absolute atomic E-state index is 11.9. The molecule has 0 aromatic carbocycles. The SMILES string of the molecule is O=C(OC1CCNCC1)N1CCCCCC1. The minimum Gasteiger partial charge on any atom is -0.446 e. The molecule has 16 heavy (non-hydrogen) atoms. The van der Waals surface area contributed by atoms with Crippen molar-refractivity contribution in [3.05, 3.63) is 0 Å². The highest BCUT2D eigenvalue weighted by atomic mass is 16.6. The molecule has 2 saturated heterocycles. The summed E-state index contributed by atoms with van der Waals surface area (Å²) in [6.07, 6.45) is 6.71. The smallest absolute Gasteiger partial charge is 0.410 e. The molecule has 0 bridgehead atoms. The number of nitrogens with one attached hydrogen (secondary N) is 1. The molecule has 1 amide bonds. The second-order valence-corrected chi connectivity index (χ2v) is 4.73. The van der Waals surface area contributed by atoms with E-state index >= 15 is 0 Å². The van der Waals surface area contributed by atoms with Crippen molar-refractivity contribution in [1.29, 1.82) is 0 Å². The van der Waals surface area contributed by atoms with Gasteiger partial charge in [-0.15, -0.1) is 0 Å². The van der Waals surface area contributed by atoms with Gasteiger partial charge < -0.3 is 15.0 Å². The maximum Gasteiger partial charge on any atom is 0.410 e. The molecule has 1 N–H and O–H groups in total. The fraction of sp³-hybridized carbons (Fsp3) is 0.917. The van der Waals surface area contributed by atoms with Crippen LogP contribution in [0.25, 0.3) is 0 Å². The Morgan fingerprint density at radius 1 is 1.06 bits per heavy atom. The van der Waals surface area contributed by atoms with E-state index in [1.807, 2.05) is 4.90 Å². The van der Waals surface area contributed by atoms with Crippen LogP contribution in [0.4, 0.5) is 4.79 Å². The quantitative estimate of drug-likeness (QED) is 0.740. The minimum absolute atomic E-state index is 0.0891. The second kappa shape index (κ2) is 6.09. The first-order valence-electron chi connectivity index (χ1n) is 6.52. The lowest BCUT2D eigenvalue weighted by molar-refractivity contribution is 0.0498. The predicted molar refractivity (Wildman–Crippen MR) is 62.4 cm³/mol. The van der Waals surface area contributed by atoms with E-state index in [0.29, 0.717) is 0 Å². The number of amides is 1. The van der Waals surface area contributed by atoms with E-state index in [9.17, 15) is 4.79 Å². The molecule has 0 atom stereocenters. The third-order valence-electron chi connectivity index (χ3n) is 3.42. The number of carbonyl (C=O) groups is 1. The molecule has 4 heteroatoms. The lowest BCUT2D eigenvalue weighted by Crippen LogP contribution is -2.39. The Hall–Kier alpha value is -0.770. The molecule has 2 aliphatic heterocycles. The standard InChI is InChI=1S/C12H22N2O2/c15-12(14-9-3-1-2-4-10-14)16-11-5-7-13-8-6-11/h11,13H,1-10H2. The van der Waals surface area contributed by atoms with Gasteiger partial charge in [-0.05, 0) is 38.8 Å². The van der Waals surface area contributed by atoms with Crippen molar-refractivity contribution in [3.8, 4) is 0 Å². The number of hydrogen-bond donors (Lipinski definition) is 1. The molecule has 2 rings (SSSR count). The number of piperidine rings is 1. The van der Waals surface area contributed by atoms with E-state index in [1.165, 1.54) is 12.8 Å². The number of likely N-dealkylation sites (tertiary alicyclic amines) is 1. The van der Waals surface area contributed by atoms with Crippen LogP contribution in [0.2, 0.25) is 0 Å². The highest BCUT2D eigenvalue weighted by Gasteiger charge is 2.22. The molecule has 4 nitrogen and oxygen atoms in total. The fourth-order valence-electron chi connectivity index (χ4n) is 2.38. The van der Waals surface area contributed by atoms with Crippen LogP contribution < -0.4 is 5.32 Å². The second-order valence-electron chi connectivity index (χ2n) is 4.73. The molecule has 0 spiro atoms. The number of rotatable bonds is 1. The van der Waals surface area contributed by atoms with Gasteiger partial charge >= 0.3 is 6.09 Å². The van der Waals surface area contributed by atoms with Gasteiger partial charge in [-0.2, -0.15) is 0 Å². The molecular weight excluding hydrogens is 204 g/mol. The maximum atomic E-state index is 11.9. The Morgan fingerprint density at radius 2 is 1.69 bits per heavy atom. The summed E-state index contributed by atoms with van der Waals surface area (Å²) in [4.78, 5) is 13.8. The average molecular weight is 226 g/mol. The fourth-order valence-corrected chi connectivity index (χ4v) is 2.38. The van der Waals surface area contributed by atoms with Crippen LogP contribution in [0.3, 0.4) is 0 Å². The zero-order valence-electron chi connectivity index (χ0n) is 9.91. The molecule has 2 fully saturated rings. The summed E-state index contributed by atoms with van der Waals surface area (Å²) in [6.45, 7) is 3.70. The zero-order chi connectivity index (χ0) is 11.2. The van der Waals surface area contributed by atoms with Crippen LogP contribution in [-0.2, 0) is 4.74 Å². The van der Waals surface area contributed by atoms with Crippen LogP contribution in [-0.4, -0.2) is 43.3 Å². The summed E-state index contributed by atoms with van der Waals surface area (Å²) >= 11 is 0. The minimum atomic E-state index is -0.0891. The first kappa shape index (κ1) is 11.7. The normalized spacial score (nSPS) is 23.9. The Bertz CT molecular complexity index is 219. The van der Waals surface area contributed by atoms with E-state index in [4.69, 9.17) is 4.74 Å². The molecule has 0 radical (unpaired) electrons. The number of nitrogens with zero attached hydrogens (tertiary/aromatic N) is 1. The monoisotopic (exact) mass is 226 g/mol. The van der Waals surface area contributed by atoms with E-state index < -0.39 is 0 Å². The lowest BCUT2D eigenvalue weighted by atomic mass is 10.1. The Labute approximate surface area is 97.3 Å². The van der Waals surface area contributed by atoms with Crippen molar-refractivity contribution >= 4 is 6.09 Å². The Kier molecular flexibility index (Phi) is 4.45. The molecule has 0 aliphatic carbocycles. The summed E-state index contributed by atoms with van der Waals surface area (Å²) in [6, 6.07) is 0. The van der Waals surface area contributed by atoms with Gasteiger partial charge in [0.15, 0.2) is 0 Å². The largest absolute Gasteiger partial charge is 0.446 e. The van der Waals surface area contributed by atoms with Crippen molar-refractivity contribution in [1.82, 2.24) is 10.2 Å². The van der Waals surface area contributed by atoms with Crippen LogP contribution >= 0.6 is 0 Å². The van der Waals surface area contributed by atoms with Crippen molar-refractivity contribution in [2.24, 2.45) is 0 Å². The van der Waals surface area contributed by atoms with Gasteiger partial charge in [0.2, 0.25) is 0 Å². The first-order valence-corrected chi connectivity index (χ1v) is 6.52. The highest BCUT2D eigenvalue weighted by Crippen LogP contribution is 2.14. The number of hydrogen-bond acceptors (Lipinski definition) is 3. The average Bonchev–Trinajstić information content (AvgIpc) is 2.59. The molecule has 0 aromatic heterocycles. The molecule has 0 unspecified atom stereocenters. The van der Waals surface area contributed by atoms with E-state index in [2.05, 4.69) is 5.32 Å². The molecule has 92 valence electrons. The molecule has 0 aromatic rings. The van der Waals surface area contributed by atoms with Crippen LogP contribution in [0, 0.1) is 0 Å². The van der Waals surface area contributed by atoms with E-state index in [0.717, 1.165) is 51.9 Å². The number of carbonyl (C=O) groups excluding carboxylic acids is 1. The van der Waals surface area contributed by atoms with Crippen molar-refractivity contribution in [2.45, 2.75) is 44.6 Å². The predicted octanol–water partition coefficient (Wildman–Crippen LogP) is 1.75. The topological polar surface area (TPSA) is 41.6 Å². The lowest BCUT2D eigenvalue weighted by Gasteiger charge is -2.26. The Balaban J connectivity index is 1.76.